The van der Waals surface area contributed by atoms with Gasteiger partial charge in [-0.15, -0.1) is 0 Å². The van der Waals surface area contributed by atoms with Gasteiger partial charge in [0, 0.05) is 6.61 Å². The standard InChI is InChI=1S/C25H54O3Si/c1-7-8-9-10-11-12-13-14-15-16-17-18-19-20-21-27-22-24(26)23-28-29(5,6)25(2,3)4/h24,26H,7-23H2,1-6H3. The van der Waals surface area contributed by atoms with E-state index in [2.05, 4.69) is 40.8 Å². The van der Waals surface area contributed by atoms with Gasteiger partial charge in [0.25, 0.3) is 0 Å². The lowest BCUT2D eigenvalue weighted by Crippen LogP contribution is -2.43. The highest BCUT2D eigenvalue weighted by atomic mass is 28.4. The summed E-state index contributed by atoms with van der Waals surface area (Å²) < 4.78 is 11.7. The molecule has 0 saturated heterocycles. The third kappa shape index (κ3) is 17.5. The summed E-state index contributed by atoms with van der Waals surface area (Å²) in [6.07, 6.45) is 18.7. The maximum atomic E-state index is 10.1. The van der Waals surface area contributed by atoms with Crippen LogP contribution in [0.15, 0.2) is 0 Å². The molecule has 0 aromatic rings. The molecule has 0 rings (SSSR count). The maximum absolute atomic E-state index is 10.1. The second-order valence-corrected chi connectivity index (χ2v) is 15.2. The van der Waals surface area contributed by atoms with Crippen molar-refractivity contribution < 1.29 is 14.3 Å². The molecule has 0 saturated carbocycles. The van der Waals surface area contributed by atoms with Gasteiger partial charge in [0.1, 0.15) is 0 Å². The van der Waals surface area contributed by atoms with Crippen molar-refractivity contribution in [3.63, 3.8) is 0 Å². The van der Waals surface area contributed by atoms with Crippen LogP contribution >= 0.6 is 0 Å². The van der Waals surface area contributed by atoms with Crippen molar-refractivity contribution in [2.75, 3.05) is 19.8 Å². The minimum Gasteiger partial charge on any atom is -0.414 e. The lowest BCUT2D eigenvalue weighted by atomic mass is 10.0. The van der Waals surface area contributed by atoms with Crippen LogP contribution in [0.4, 0.5) is 0 Å². The van der Waals surface area contributed by atoms with E-state index in [4.69, 9.17) is 9.16 Å². The van der Waals surface area contributed by atoms with Gasteiger partial charge in [-0.2, -0.15) is 0 Å². The molecule has 1 atom stereocenters. The van der Waals surface area contributed by atoms with Crippen LogP contribution < -0.4 is 0 Å². The molecule has 0 spiro atoms. The molecule has 0 aliphatic carbocycles. The van der Waals surface area contributed by atoms with E-state index in [1.54, 1.807) is 0 Å². The summed E-state index contributed by atoms with van der Waals surface area (Å²) in [4.78, 5) is 0. The molecule has 0 fully saturated rings. The van der Waals surface area contributed by atoms with Crippen molar-refractivity contribution >= 4 is 8.32 Å². The number of hydrogen-bond donors (Lipinski definition) is 1. The van der Waals surface area contributed by atoms with Gasteiger partial charge in [0.2, 0.25) is 0 Å². The van der Waals surface area contributed by atoms with Crippen molar-refractivity contribution in [2.45, 2.75) is 142 Å². The van der Waals surface area contributed by atoms with Crippen molar-refractivity contribution in [1.29, 1.82) is 0 Å². The smallest absolute Gasteiger partial charge is 0.192 e. The maximum Gasteiger partial charge on any atom is 0.192 e. The molecule has 29 heavy (non-hydrogen) atoms. The molecule has 1 unspecified atom stereocenters. The highest BCUT2D eigenvalue weighted by Crippen LogP contribution is 2.36. The minimum atomic E-state index is -1.77. The fraction of sp³-hybridized carbons (Fsp3) is 1.00. The van der Waals surface area contributed by atoms with Crippen molar-refractivity contribution in [3.05, 3.63) is 0 Å². The summed E-state index contributed by atoms with van der Waals surface area (Å²) >= 11 is 0. The Balaban J connectivity index is 3.33. The average molecular weight is 431 g/mol. The lowest BCUT2D eigenvalue weighted by Gasteiger charge is -2.36. The molecule has 176 valence electrons. The number of aliphatic hydroxyl groups excluding tert-OH is 1. The van der Waals surface area contributed by atoms with E-state index in [9.17, 15) is 5.11 Å². The van der Waals surface area contributed by atoms with E-state index in [0.717, 1.165) is 13.0 Å². The van der Waals surface area contributed by atoms with Crippen LogP contribution in [-0.2, 0) is 9.16 Å². The molecule has 0 aliphatic heterocycles. The zero-order valence-corrected chi connectivity index (χ0v) is 21.9. The molecule has 0 amide bonds. The number of rotatable bonds is 20. The summed E-state index contributed by atoms with van der Waals surface area (Å²) in [5, 5.41) is 10.2. The monoisotopic (exact) mass is 430 g/mol. The highest BCUT2D eigenvalue weighted by molar-refractivity contribution is 6.74. The molecule has 3 nitrogen and oxygen atoms in total. The Bertz CT molecular complexity index is 352. The fourth-order valence-corrected chi connectivity index (χ4v) is 4.23. The van der Waals surface area contributed by atoms with Gasteiger partial charge in [-0.3, -0.25) is 0 Å². The Labute approximate surface area is 184 Å². The molecule has 0 aliphatic rings. The molecular formula is C25H54O3Si. The first-order valence-corrected chi connectivity index (χ1v) is 15.5. The van der Waals surface area contributed by atoms with Crippen molar-refractivity contribution in [2.24, 2.45) is 0 Å². The normalized spacial score (nSPS) is 13.8. The van der Waals surface area contributed by atoms with Crippen LogP contribution in [0.1, 0.15) is 118 Å². The first kappa shape index (κ1) is 29.1. The summed E-state index contributed by atoms with van der Waals surface area (Å²) in [6.45, 7) is 14.9. The van der Waals surface area contributed by atoms with Crippen LogP contribution in [-0.4, -0.2) is 39.3 Å². The third-order valence-electron chi connectivity index (χ3n) is 6.40. The fourth-order valence-electron chi connectivity index (χ4n) is 3.19. The zero-order valence-electron chi connectivity index (χ0n) is 20.9. The van der Waals surface area contributed by atoms with E-state index in [-0.39, 0.29) is 5.04 Å². The van der Waals surface area contributed by atoms with E-state index < -0.39 is 14.4 Å². The van der Waals surface area contributed by atoms with E-state index >= 15 is 0 Å². The van der Waals surface area contributed by atoms with Crippen LogP contribution in [0.25, 0.3) is 0 Å². The third-order valence-corrected chi connectivity index (χ3v) is 10.9. The summed E-state index contributed by atoms with van der Waals surface area (Å²) in [6, 6.07) is 0. The second-order valence-electron chi connectivity index (χ2n) is 10.4. The number of hydrogen-bond acceptors (Lipinski definition) is 3. The first-order valence-electron chi connectivity index (χ1n) is 12.6. The molecule has 0 radical (unpaired) electrons. The van der Waals surface area contributed by atoms with Gasteiger partial charge in [-0.25, -0.2) is 0 Å². The molecule has 0 aromatic heterocycles. The van der Waals surface area contributed by atoms with Crippen LogP contribution in [0.3, 0.4) is 0 Å². The largest absolute Gasteiger partial charge is 0.414 e. The Morgan fingerprint density at radius 1 is 0.690 bits per heavy atom. The molecule has 0 heterocycles. The first-order chi connectivity index (χ1) is 13.7. The number of unbranched alkanes of at least 4 members (excludes halogenated alkanes) is 13. The van der Waals surface area contributed by atoms with E-state index in [1.165, 1.54) is 83.5 Å². The molecule has 1 N–H and O–H groups in total. The summed E-state index contributed by atoms with van der Waals surface area (Å²) in [7, 11) is -1.77. The molecule has 0 aromatic carbocycles. The minimum absolute atomic E-state index is 0.182. The van der Waals surface area contributed by atoms with E-state index in [0.29, 0.717) is 13.2 Å². The van der Waals surface area contributed by atoms with Gasteiger partial charge >= 0.3 is 0 Å². The van der Waals surface area contributed by atoms with Gasteiger partial charge in [-0.05, 0) is 24.6 Å². The molecular weight excluding hydrogens is 376 g/mol. The second kappa shape index (κ2) is 17.7. The Morgan fingerprint density at radius 2 is 1.10 bits per heavy atom. The lowest BCUT2D eigenvalue weighted by molar-refractivity contribution is 0.00808. The zero-order chi connectivity index (χ0) is 22.0. The summed E-state index contributed by atoms with van der Waals surface area (Å²) in [5.41, 5.74) is 0. The Kier molecular flexibility index (Phi) is 17.8. The topological polar surface area (TPSA) is 38.7 Å². The SMILES string of the molecule is CCCCCCCCCCCCCCCCOCC(O)CO[Si](C)(C)C(C)(C)C. The predicted molar refractivity (Wildman–Crippen MR) is 130 cm³/mol. The van der Waals surface area contributed by atoms with Gasteiger partial charge in [0.15, 0.2) is 8.32 Å². The quantitative estimate of drug-likeness (QED) is 0.158. The number of ether oxygens (including phenoxy) is 1. The van der Waals surface area contributed by atoms with Crippen molar-refractivity contribution in [1.82, 2.24) is 0 Å². The highest BCUT2D eigenvalue weighted by Gasteiger charge is 2.37. The molecule has 0 bridgehead atoms. The van der Waals surface area contributed by atoms with Crippen LogP contribution in [0, 0.1) is 0 Å². The average Bonchev–Trinajstić information content (AvgIpc) is 2.65. The van der Waals surface area contributed by atoms with Gasteiger partial charge in [-0.1, -0.05) is 111 Å². The molecule has 4 heteroatoms. The van der Waals surface area contributed by atoms with Crippen LogP contribution in [0.2, 0.25) is 18.1 Å². The Hall–Kier alpha value is 0.0969. The Morgan fingerprint density at radius 3 is 1.52 bits per heavy atom. The van der Waals surface area contributed by atoms with Gasteiger partial charge in [0.05, 0.1) is 19.3 Å². The van der Waals surface area contributed by atoms with Gasteiger partial charge < -0.3 is 14.3 Å². The van der Waals surface area contributed by atoms with Crippen molar-refractivity contribution in [3.8, 4) is 0 Å². The van der Waals surface area contributed by atoms with Crippen LogP contribution in [0.5, 0.6) is 0 Å². The summed E-state index contributed by atoms with van der Waals surface area (Å²) in [5.74, 6) is 0. The predicted octanol–water partition coefficient (Wildman–Crippen LogP) is 7.87. The van der Waals surface area contributed by atoms with E-state index in [1.807, 2.05) is 0 Å². The number of aliphatic hydroxyl groups is 1.